The van der Waals surface area contributed by atoms with E-state index in [1.54, 1.807) is 4.90 Å². The third-order valence-corrected chi connectivity index (χ3v) is 6.27. The van der Waals surface area contributed by atoms with E-state index < -0.39 is 5.91 Å². The summed E-state index contributed by atoms with van der Waals surface area (Å²) in [6.45, 7) is 4.32. The predicted octanol–water partition coefficient (Wildman–Crippen LogP) is -0.0851. The van der Waals surface area contributed by atoms with Gasteiger partial charge in [-0.05, 0) is 32.3 Å². The molecule has 28 heavy (non-hydrogen) atoms. The molecule has 0 spiro atoms. The number of hydrogen-bond acceptors (Lipinski definition) is 6. The summed E-state index contributed by atoms with van der Waals surface area (Å²) in [4.78, 5) is 55.8. The molecule has 3 heterocycles. The van der Waals surface area contributed by atoms with Gasteiger partial charge in [0, 0.05) is 23.9 Å². The van der Waals surface area contributed by atoms with Crippen LogP contribution in [0.15, 0.2) is 11.1 Å². The van der Waals surface area contributed by atoms with Crippen molar-refractivity contribution in [3.8, 4) is 0 Å². The first kappa shape index (κ1) is 20.0. The Morgan fingerprint density at radius 3 is 2.61 bits per heavy atom. The highest BCUT2D eigenvalue weighted by Gasteiger charge is 2.25. The van der Waals surface area contributed by atoms with E-state index in [1.165, 1.54) is 22.2 Å². The Kier molecular flexibility index (Phi) is 5.78. The molecule has 10 heteroatoms. The molecule has 9 nitrogen and oxygen atoms in total. The normalized spacial score (nSPS) is 15.0. The van der Waals surface area contributed by atoms with Crippen molar-refractivity contribution in [1.29, 1.82) is 0 Å². The molecule has 0 unspecified atom stereocenters. The standard InChI is InChI=1S/C18H23N5O4S/c1-10-11(2)28-17-15(10)18(27)23(9-21-17)8-13(24)20-7-14(25)22-5-3-12(4-6-22)16(19)26/h9,12H,3-8H2,1-2H3,(H2,19,26)(H,20,24). The van der Waals surface area contributed by atoms with Gasteiger partial charge in [0.15, 0.2) is 0 Å². The van der Waals surface area contributed by atoms with Crippen LogP contribution in [0.5, 0.6) is 0 Å². The maximum atomic E-state index is 12.6. The van der Waals surface area contributed by atoms with Crippen molar-refractivity contribution in [2.75, 3.05) is 19.6 Å². The number of thiophene rings is 1. The number of fused-ring (bicyclic) bond motifs is 1. The van der Waals surface area contributed by atoms with Gasteiger partial charge in [0.05, 0.1) is 18.3 Å². The number of nitrogens with two attached hydrogens (primary N) is 1. The van der Waals surface area contributed by atoms with Gasteiger partial charge in [-0.1, -0.05) is 0 Å². The van der Waals surface area contributed by atoms with Gasteiger partial charge in [0.2, 0.25) is 17.7 Å². The van der Waals surface area contributed by atoms with Crippen molar-refractivity contribution in [3.63, 3.8) is 0 Å². The topological polar surface area (TPSA) is 127 Å². The number of carbonyl (C=O) groups excluding carboxylic acids is 3. The summed E-state index contributed by atoms with van der Waals surface area (Å²) >= 11 is 1.45. The van der Waals surface area contributed by atoms with E-state index in [2.05, 4.69) is 10.3 Å². The fraction of sp³-hybridized carbons (Fsp3) is 0.500. The molecule has 2 aromatic heterocycles. The van der Waals surface area contributed by atoms with E-state index in [9.17, 15) is 19.2 Å². The Balaban J connectivity index is 1.56. The van der Waals surface area contributed by atoms with Crippen molar-refractivity contribution in [3.05, 3.63) is 27.1 Å². The lowest BCUT2D eigenvalue weighted by Crippen LogP contribution is -2.46. The molecule has 2 aromatic rings. The quantitative estimate of drug-likeness (QED) is 0.719. The lowest BCUT2D eigenvalue weighted by molar-refractivity contribution is -0.135. The van der Waals surface area contributed by atoms with Gasteiger partial charge >= 0.3 is 0 Å². The molecule has 1 aliphatic heterocycles. The second kappa shape index (κ2) is 8.09. The van der Waals surface area contributed by atoms with Gasteiger partial charge in [0.25, 0.3) is 5.56 Å². The van der Waals surface area contributed by atoms with Crippen LogP contribution < -0.4 is 16.6 Å². The first-order valence-corrected chi connectivity index (χ1v) is 9.88. The Labute approximate surface area is 165 Å². The van der Waals surface area contributed by atoms with Gasteiger partial charge in [-0.2, -0.15) is 0 Å². The van der Waals surface area contributed by atoms with Crippen LogP contribution in [-0.4, -0.2) is 51.8 Å². The number of nitrogens with zero attached hydrogens (tertiary/aromatic N) is 3. The van der Waals surface area contributed by atoms with E-state index in [4.69, 9.17) is 5.73 Å². The number of primary amides is 1. The minimum absolute atomic E-state index is 0.152. The third kappa shape index (κ3) is 4.06. The highest BCUT2D eigenvalue weighted by molar-refractivity contribution is 7.18. The monoisotopic (exact) mass is 405 g/mol. The largest absolute Gasteiger partial charge is 0.369 e. The van der Waals surface area contributed by atoms with Crippen LogP contribution in [0.2, 0.25) is 0 Å². The van der Waals surface area contributed by atoms with E-state index in [1.807, 2.05) is 13.8 Å². The smallest absolute Gasteiger partial charge is 0.262 e. The Morgan fingerprint density at radius 2 is 1.96 bits per heavy atom. The molecule has 3 N–H and O–H groups in total. The van der Waals surface area contributed by atoms with Gasteiger partial charge in [-0.3, -0.25) is 23.7 Å². The number of carbonyl (C=O) groups is 3. The van der Waals surface area contributed by atoms with Crippen molar-refractivity contribution < 1.29 is 14.4 Å². The first-order valence-electron chi connectivity index (χ1n) is 9.07. The van der Waals surface area contributed by atoms with Crippen molar-refractivity contribution in [2.24, 2.45) is 11.7 Å². The van der Waals surface area contributed by atoms with Gasteiger partial charge in [0.1, 0.15) is 11.4 Å². The summed E-state index contributed by atoms with van der Waals surface area (Å²) in [6.07, 6.45) is 2.43. The summed E-state index contributed by atoms with van der Waals surface area (Å²) < 4.78 is 1.25. The van der Waals surface area contributed by atoms with E-state index in [0.29, 0.717) is 36.1 Å². The Hall–Kier alpha value is -2.75. The number of likely N-dealkylation sites (tertiary alicyclic amines) is 1. The van der Waals surface area contributed by atoms with Gasteiger partial charge in [-0.25, -0.2) is 4.98 Å². The molecule has 1 saturated heterocycles. The van der Waals surface area contributed by atoms with Gasteiger partial charge in [-0.15, -0.1) is 11.3 Å². The van der Waals surface area contributed by atoms with Crippen molar-refractivity contribution in [1.82, 2.24) is 19.8 Å². The molecule has 0 aliphatic carbocycles. The van der Waals surface area contributed by atoms with Crippen LogP contribution in [0.25, 0.3) is 10.2 Å². The molecule has 3 rings (SSSR count). The lowest BCUT2D eigenvalue weighted by Gasteiger charge is -2.30. The van der Waals surface area contributed by atoms with E-state index in [-0.39, 0.29) is 36.4 Å². The minimum Gasteiger partial charge on any atom is -0.369 e. The summed E-state index contributed by atoms with van der Waals surface area (Å²) in [7, 11) is 0. The molecule has 0 radical (unpaired) electrons. The fourth-order valence-corrected chi connectivity index (χ4v) is 4.28. The second-order valence-corrected chi connectivity index (χ2v) is 8.18. The molecule has 0 saturated carbocycles. The first-order chi connectivity index (χ1) is 13.3. The fourth-order valence-electron chi connectivity index (χ4n) is 3.29. The van der Waals surface area contributed by atoms with Crippen molar-refractivity contribution in [2.45, 2.75) is 33.2 Å². The average Bonchev–Trinajstić information content (AvgIpc) is 2.96. The van der Waals surface area contributed by atoms with Crippen LogP contribution in [0.1, 0.15) is 23.3 Å². The maximum Gasteiger partial charge on any atom is 0.262 e. The molecule has 0 atom stereocenters. The second-order valence-electron chi connectivity index (χ2n) is 6.98. The highest BCUT2D eigenvalue weighted by atomic mass is 32.1. The summed E-state index contributed by atoms with van der Waals surface area (Å²) in [5.41, 5.74) is 5.90. The molecular weight excluding hydrogens is 382 g/mol. The number of piperidine rings is 1. The molecule has 0 bridgehead atoms. The molecule has 150 valence electrons. The summed E-state index contributed by atoms with van der Waals surface area (Å²) in [5.74, 6) is -1.20. The molecule has 1 aliphatic rings. The molecular formula is C18H23N5O4S. The van der Waals surface area contributed by atoms with Crippen LogP contribution in [0.3, 0.4) is 0 Å². The Bertz CT molecular complexity index is 988. The van der Waals surface area contributed by atoms with Crippen LogP contribution in [0.4, 0.5) is 0 Å². The average molecular weight is 405 g/mol. The number of aromatic nitrogens is 2. The van der Waals surface area contributed by atoms with E-state index in [0.717, 1.165) is 10.4 Å². The zero-order valence-electron chi connectivity index (χ0n) is 15.9. The molecule has 1 fully saturated rings. The predicted molar refractivity (Wildman–Crippen MR) is 105 cm³/mol. The lowest BCUT2D eigenvalue weighted by atomic mass is 9.96. The van der Waals surface area contributed by atoms with Crippen LogP contribution >= 0.6 is 11.3 Å². The number of amides is 3. The summed E-state index contributed by atoms with van der Waals surface area (Å²) in [5, 5.41) is 3.08. The maximum absolute atomic E-state index is 12.6. The zero-order chi connectivity index (χ0) is 20.4. The number of hydrogen-bond donors (Lipinski definition) is 2. The number of aryl methyl sites for hydroxylation is 2. The SMILES string of the molecule is Cc1sc2ncn(CC(=O)NCC(=O)N3CCC(C(N)=O)CC3)c(=O)c2c1C. The minimum atomic E-state index is -0.437. The third-order valence-electron chi connectivity index (χ3n) is 5.16. The van der Waals surface area contributed by atoms with Crippen molar-refractivity contribution >= 4 is 39.3 Å². The van der Waals surface area contributed by atoms with Gasteiger partial charge < -0.3 is 16.0 Å². The van der Waals surface area contributed by atoms with Crippen LogP contribution in [-0.2, 0) is 20.9 Å². The van der Waals surface area contributed by atoms with E-state index >= 15 is 0 Å². The number of rotatable bonds is 5. The zero-order valence-corrected chi connectivity index (χ0v) is 16.7. The Morgan fingerprint density at radius 1 is 1.29 bits per heavy atom. The highest BCUT2D eigenvalue weighted by Crippen LogP contribution is 2.25. The molecule has 0 aromatic carbocycles. The van der Waals surface area contributed by atoms with Crippen LogP contribution in [0, 0.1) is 19.8 Å². The molecule has 3 amide bonds. The summed E-state index contributed by atoms with van der Waals surface area (Å²) in [6, 6.07) is 0. The number of nitrogens with one attached hydrogen (secondary N) is 1.